The van der Waals surface area contributed by atoms with Gasteiger partial charge in [-0.05, 0) is 24.1 Å². The molecule has 3 aromatic rings. The van der Waals surface area contributed by atoms with Crippen LogP contribution in [0.4, 0.5) is 0 Å². The van der Waals surface area contributed by atoms with Crippen LogP contribution in [0.3, 0.4) is 0 Å². The number of para-hydroxylation sites is 2. The summed E-state index contributed by atoms with van der Waals surface area (Å²) in [5.74, 6) is 0.296. The summed E-state index contributed by atoms with van der Waals surface area (Å²) in [6, 6.07) is 17.7. The number of benzene rings is 2. The number of aromatic nitrogens is 1. The summed E-state index contributed by atoms with van der Waals surface area (Å²) >= 11 is 1.31. The van der Waals surface area contributed by atoms with E-state index in [4.69, 9.17) is 4.42 Å². The van der Waals surface area contributed by atoms with E-state index in [9.17, 15) is 4.79 Å². The molecule has 4 nitrogen and oxygen atoms in total. The van der Waals surface area contributed by atoms with Gasteiger partial charge in [0.1, 0.15) is 5.52 Å². The summed E-state index contributed by atoms with van der Waals surface area (Å²) in [4.78, 5) is 16.1. The molecule has 22 heavy (non-hydrogen) atoms. The minimum absolute atomic E-state index is 0.0109. The van der Waals surface area contributed by atoms with Gasteiger partial charge in [0.25, 0.3) is 5.22 Å². The summed E-state index contributed by atoms with van der Waals surface area (Å²) in [5, 5.41) is 3.43. The molecule has 1 aromatic heterocycles. The maximum atomic E-state index is 11.8. The second-order valence-electron chi connectivity index (χ2n) is 4.82. The maximum Gasteiger partial charge on any atom is 0.257 e. The third-order valence-corrected chi connectivity index (χ3v) is 4.01. The first kappa shape index (κ1) is 14.7. The van der Waals surface area contributed by atoms with E-state index in [1.165, 1.54) is 17.3 Å². The molecule has 1 heterocycles. The number of nitrogens with zero attached hydrogens (tertiary/aromatic N) is 1. The van der Waals surface area contributed by atoms with Crippen LogP contribution in [0.2, 0.25) is 0 Å². The smallest absolute Gasteiger partial charge is 0.257 e. The summed E-state index contributed by atoms with van der Waals surface area (Å²) < 4.78 is 5.56. The fraction of sp³-hybridized carbons (Fsp3) is 0.176. The average Bonchev–Trinajstić information content (AvgIpc) is 2.97. The number of hydrogen-bond donors (Lipinski definition) is 1. The molecule has 0 fully saturated rings. The molecular weight excluding hydrogens is 296 g/mol. The van der Waals surface area contributed by atoms with Crippen LogP contribution in [0.5, 0.6) is 0 Å². The molecule has 1 amide bonds. The molecular formula is C17H16N2O2S. The Morgan fingerprint density at radius 3 is 2.68 bits per heavy atom. The van der Waals surface area contributed by atoms with Crippen molar-refractivity contribution in [1.29, 1.82) is 0 Å². The number of fused-ring (bicyclic) bond motifs is 1. The van der Waals surface area contributed by atoms with Crippen molar-refractivity contribution in [1.82, 2.24) is 10.3 Å². The monoisotopic (exact) mass is 312 g/mol. The van der Waals surface area contributed by atoms with Crippen LogP contribution in [0.1, 0.15) is 5.56 Å². The van der Waals surface area contributed by atoms with E-state index in [1.54, 1.807) is 0 Å². The third-order valence-electron chi connectivity index (χ3n) is 3.18. The van der Waals surface area contributed by atoms with Gasteiger partial charge in [-0.15, -0.1) is 0 Å². The van der Waals surface area contributed by atoms with Gasteiger partial charge < -0.3 is 9.73 Å². The Morgan fingerprint density at radius 2 is 1.86 bits per heavy atom. The van der Waals surface area contributed by atoms with E-state index >= 15 is 0 Å². The lowest BCUT2D eigenvalue weighted by Gasteiger charge is -2.04. The molecule has 0 saturated heterocycles. The number of nitrogens with one attached hydrogen (secondary N) is 1. The highest BCUT2D eigenvalue weighted by Gasteiger charge is 2.08. The van der Waals surface area contributed by atoms with Gasteiger partial charge in [-0.2, -0.15) is 0 Å². The van der Waals surface area contributed by atoms with Crippen LogP contribution in [0.25, 0.3) is 11.1 Å². The van der Waals surface area contributed by atoms with E-state index in [0.29, 0.717) is 17.5 Å². The minimum atomic E-state index is -0.0109. The summed E-state index contributed by atoms with van der Waals surface area (Å²) in [6.07, 6.45) is 0.833. The number of hydrogen-bond acceptors (Lipinski definition) is 4. The number of rotatable bonds is 6. The zero-order chi connectivity index (χ0) is 15.2. The predicted octanol–water partition coefficient (Wildman–Crippen LogP) is 3.28. The van der Waals surface area contributed by atoms with Crippen molar-refractivity contribution in [3.63, 3.8) is 0 Å². The third kappa shape index (κ3) is 3.89. The summed E-state index contributed by atoms with van der Waals surface area (Å²) in [6.45, 7) is 0.636. The van der Waals surface area contributed by atoms with Gasteiger partial charge in [-0.25, -0.2) is 4.98 Å². The number of oxazole rings is 1. The van der Waals surface area contributed by atoms with E-state index in [-0.39, 0.29) is 5.91 Å². The van der Waals surface area contributed by atoms with E-state index in [2.05, 4.69) is 22.4 Å². The van der Waals surface area contributed by atoms with Crippen LogP contribution in [-0.4, -0.2) is 23.2 Å². The van der Waals surface area contributed by atoms with E-state index in [0.717, 1.165) is 17.5 Å². The number of amides is 1. The largest absolute Gasteiger partial charge is 0.431 e. The molecule has 112 valence electrons. The van der Waals surface area contributed by atoms with E-state index in [1.807, 2.05) is 42.5 Å². The zero-order valence-corrected chi connectivity index (χ0v) is 12.8. The highest BCUT2D eigenvalue weighted by Crippen LogP contribution is 2.22. The standard InChI is InChI=1S/C17H16N2O2S/c20-16(18-11-10-13-6-2-1-3-7-13)12-22-17-19-14-8-4-5-9-15(14)21-17/h1-9H,10-12H2,(H,18,20). The summed E-state index contributed by atoms with van der Waals surface area (Å²) in [7, 11) is 0. The zero-order valence-electron chi connectivity index (χ0n) is 12.0. The predicted molar refractivity (Wildman–Crippen MR) is 87.9 cm³/mol. The van der Waals surface area contributed by atoms with Crippen molar-refractivity contribution in [3.05, 3.63) is 60.2 Å². The molecule has 0 aliphatic heterocycles. The van der Waals surface area contributed by atoms with Gasteiger partial charge in [0, 0.05) is 6.54 Å². The molecule has 2 aromatic carbocycles. The van der Waals surface area contributed by atoms with Crippen LogP contribution in [-0.2, 0) is 11.2 Å². The number of thioether (sulfide) groups is 1. The second kappa shape index (κ2) is 7.13. The Hall–Kier alpha value is -2.27. The van der Waals surface area contributed by atoms with Crippen LogP contribution in [0.15, 0.2) is 64.2 Å². The normalized spacial score (nSPS) is 10.7. The fourth-order valence-corrected chi connectivity index (χ4v) is 2.75. The van der Waals surface area contributed by atoms with Crippen molar-refractivity contribution in [3.8, 4) is 0 Å². The molecule has 0 saturated carbocycles. The first-order chi connectivity index (χ1) is 10.8. The molecule has 0 bridgehead atoms. The van der Waals surface area contributed by atoms with Crippen molar-refractivity contribution in [2.45, 2.75) is 11.6 Å². The topological polar surface area (TPSA) is 55.1 Å². The lowest BCUT2D eigenvalue weighted by Crippen LogP contribution is -2.27. The van der Waals surface area contributed by atoms with Crippen molar-refractivity contribution in [2.75, 3.05) is 12.3 Å². The van der Waals surface area contributed by atoms with Gasteiger partial charge in [0.2, 0.25) is 5.91 Å². The van der Waals surface area contributed by atoms with E-state index < -0.39 is 0 Å². The van der Waals surface area contributed by atoms with Gasteiger partial charge >= 0.3 is 0 Å². The first-order valence-electron chi connectivity index (χ1n) is 7.10. The second-order valence-corrected chi connectivity index (χ2v) is 5.75. The van der Waals surface area contributed by atoms with Crippen LogP contribution >= 0.6 is 11.8 Å². The molecule has 0 spiro atoms. The Balaban J connectivity index is 1.44. The number of carbonyl (C=O) groups excluding carboxylic acids is 1. The van der Waals surface area contributed by atoms with Gasteiger partial charge in [0.05, 0.1) is 5.75 Å². The lowest BCUT2D eigenvalue weighted by molar-refractivity contribution is -0.118. The van der Waals surface area contributed by atoms with Crippen LogP contribution < -0.4 is 5.32 Å². The van der Waals surface area contributed by atoms with Gasteiger partial charge in [-0.1, -0.05) is 54.2 Å². The SMILES string of the molecule is O=C(CSc1nc2ccccc2o1)NCCc1ccccc1. The minimum Gasteiger partial charge on any atom is -0.431 e. The Bertz CT molecular complexity index is 722. The molecule has 1 N–H and O–H groups in total. The van der Waals surface area contributed by atoms with Crippen molar-refractivity contribution >= 4 is 28.8 Å². The molecule has 0 aliphatic carbocycles. The van der Waals surface area contributed by atoms with Crippen LogP contribution in [0, 0.1) is 0 Å². The average molecular weight is 312 g/mol. The van der Waals surface area contributed by atoms with Gasteiger partial charge in [-0.3, -0.25) is 4.79 Å². The number of carbonyl (C=O) groups is 1. The molecule has 0 aliphatic rings. The lowest BCUT2D eigenvalue weighted by atomic mass is 10.1. The molecule has 0 atom stereocenters. The highest BCUT2D eigenvalue weighted by molar-refractivity contribution is 7.99. The first-order valence-corrected chi connectivity index (χ1v) is 8.09. The molecule has 3 rings (SSSR count). The highest BCUT2D eigenvalue weighted by atomic mass is 32.2. The molecule has 0 unspecified atom stereocenters. The molecule has 0 radical (unpaired) electrons. The quantitative estimate of drug-likeness (QED) is 0.710. The van der Waals surface area contributed by atoms with Crippen molar-refractivity contribution < 1.29 is 9.21 Å². The Labute approximate surface area is 132 Å². The summed E-state index contributed by atoms with van der Waals surface area (Å²) in [5.41, 5.74) is 2.78. The fourth-order valence-electron chi connectivity index (χ4n) is 2.08. The van der Waals surface area contributed by atoms with Gasteiger partial charge in [0.15, 0.2) is 5.58 Å². The maximum absolute atomic E-state index is 11.8. The van der Waals surface area contributed by atoms with Crippen molar-refractivity contribution in [2.24, 2.45) is 0 Å². The Morgan fingerprint density at radius 1 is 1.09 bits per heavy atom. The molecule has 5 heteroatoms. The Kier molecular flexibility index (Phi) is 4.75.